The van der Waals surface area contributed by atoms with Gasteiger partial charge >= 0.3 is 0 Å². The molecular weight excluding hydrogens is 240 g/mol. The van der Waals surface area contributed by atoms with Gasteiger partial charge in [0.2, 0.25) is 17.2 Å². The first-order valence-electron chi connectivity index (χ1n) is 5.09. The molecule has 0 unspecified atom stereocenters. The minimum atomic E-state index is 0.203. The molecule has 6 nitrogen and oxygen atoms in total. The average Bonchev–Trinajstić information content (AvgIpc) is 2.43. The summed E-state index contributed by atoms with van der Waals surface area (Å²) in [6.45, 7) is 0. The minimum Gasteiger partial charge on any atom is -0.492 e. The summed E-state index contributed by atoms with van der Waals surface area (Å²) in [6.07, 6.45) is 0.613. The van der Waals surface area contributed by atoms with Crippen LogP contribution in [0, 0.1) is 0 Å². The molecule has 100 valence electrons. The van der Waals surface area contributed by atoms with Crippen molar-refractivity contribution >= 4 is 6.29 Å². The lowest BCUT2D eigenvalue weighted by atomic mass is 10.1. The summed E-state index contributed by atoms with van der Waals surface area (Å²) in [4.78, 5) is 11.2. The van der Waals surface area contributed by atoms with Gasteiger partial charge < -0.3 is 23.7 Å². The molecule has 1 aromatic rings. The maximum Gasteiger partial charge on any atom is 0.211 e. The van der Waals surface area contributed by atoms with E-state index in [1.165, 1.54) is 35.5 Å². The lowest BCUT2D eigenvalue weighted by Crippen LogP contribution is -2.04. The second-order valence-electron chi connectivity index (χ2n) is 3.20. The van der Waals surface area contributed by atoms with Crippen LogP contribution in [-0.2, 0) is 0 Å². The highest BCUT2D eigenvalue weighted by molar-refractivity contribution is 5.90. The Morgan fingerprint density at radius 1 is 0.611 bits per heavy atom. The van der Waals surface area contributed by atoms with Gasteiger partial charge in [-0.15, -0.1) is 0 Å². The van der Waals surface area contributed by atoms with Crippen molar-refractivity contribution in [3.63, 3.8) is 0 Å². The van der Waals surface area contributed by atoms with Crippen LogP contribution < -0.4 is 23.7 Å². The maximum atomic E-state index is 11.2. The van der Waals surface area contributed by atoms with Gasteiger partial charge in [0.1, 0.15) is 5.56 Å². The van der Waals surface area contributed by atoms with Crippen LogP contribution in [0.15, 0.2) is 0 Å². The fraction of sp³-hybridized carbons (Fsp3) is 0.417. The molecule has 0 spiro atoms. The summed E-state index contributed by atoms with van der Waals surface area (Å²) in [5.74, 6) is 1.34. The quantitative estimate of drug-likeness (QED) is 0.719. The van der Waals surface area contributed by atoms with Gasteiger partial charge in [-0.05, 0) is 0 Å². The Balaban J connectivity index is 3.77. The van der Waals surface area contributed by atoms with Gasteiger partial charge in [0.15, 0.2) is 17.8 Å². The monoisotopic (exact) mass is 256 g/mol. The van der Waals surface area contributed by atoms with Gasteiger partial charge in [0.25, 0.3) is 0 Å². The van der Waals surface area contributed by atoms with Crippen molar-refractivity contribution in [2.45, 2.75) is 0 Å². The summed E-state index contributed by atoms with van der Waals surface area (Å²) in [6, 6.07) is 0. The Labute approximate surface area is 105 Å². The number of methoxy groups -OCH3 is 5. The van der Waals surface area contributed by atoms with Crippen molar-refractivity contribution in [2.75, 3.05) is 35.5 Å². The molecule has 0 aliphatic carbocycles. The first kappa shape index (κ1) is 14.0. The Morgan fingerprint density at radius 3 is 1.11 bits per heavy atom. The molecule has 0 radical (unpaired) electrons. The molecule has 0 aliphatic rings. The normalized spacial score (nSPS) is 9.61. The molecule has 0 N–H and O–H groups in total. The average molecular weight is 256 g/mol. The van der Waals surface area contributed by atoms with Crippen LogP contribution in [0.3, 0.4) is 0 Å². The van der Waals surface area contributed by atoms with Gasteiger partial charge in [0, 0.05) is 0 Å². The zero-order valence-electron chi connectivity index (χ0n) is 11.0. The van der Waals surface area contributed by atoms with Crippen molar-refractivity contribution in [1.29, 1.82) is 0 Å². The van der Waals surface area contributed by atoms with E-state index in [9.17, 15) is 4.79 Å². The highest BCUT2D eigenvalue weighted by atomic mass is 16.6. The van der Waals surface area contributed by atoms with Gasteiger partial charge in [0.05, 0.1) is 35.5 Å². The summed E-state index contributed by atoms with van der Waals surface area (Å²) in [7, 11) is 7.20. The molecule has 0 heterocycles. The molecule has 0 saturated carbocycles. The third-order valence-corrected chi connectivity index (χ3v) is 2.45. The third-order valence-electron chi connectivity index (χ3n) is 2.45. The van der Waals surface area contributed by atoms with E-state index in [1.54, 1.807) is 0 Å². The molecule has 0 atom stereocenters. The number of ether oxygens (including phenoxy) is 5. The molecule has 0 saturated heterocycles. The second kappa shape index (κ2) is 6.00. The van der Waals surface area contributed by atoms with E-state index in [4.69, 9.17) is 23.7 Å². The van der Waals surface area contributed by atoms with Crippen molar-refractivity contribution < 1.29 is 28.5 Å². The molecule has 0 amide bonds. The molecule has 1 rings (SSSR count). The summed E-state index contributed by atoms with van der Waals surface area (Å²) in [5.41, 5.74) is 0.203. The van der Waals surface area contributed by atoms with Crippen molar-refractivity contribution in [2.24, 2.45) is 0 Å². The van der Waals surface area contributed by atoms with Gasteiger partial charge in [-0.2, -0.15) is 0 Å². The molecule has 0 fully saturated rings. The number of rotatable bonds is 6. The van der Waals surface area contributed by atoms with Crippen LogP contribution in [0.1, 0.15) is 10.4 Å². The maximum absolute atomic E-state index is 11.2. The first-order chi connectivity index (χ1) is 8.69. The lowest BCUT2D eigenvalue weighted by Gasteiger charge is -2.19. The predicted molar refractivity (Wildman–Crippen MR) is 64.6 cm³/mol. The fourth-order valence-electron chi connectivity index (χ4n) is 1.73. The van der Waals surface area contributed by atoms with Crippen LogP contribution in [0.2, 0.25) is 0 Å². The summed E-state index contributed by atoms with van der Waals surface area (Å²) >= 11 is 0. The van der Waals surface area contributed by atoms with E-state index >= 15 is 0 Å². The fourth-order valence-corrected chi connectivity index (χ4v) is 1.73. The molecular formula is C12H16O6. The number of carbonyl (C=O) groups excluding carboxylic acids is 1. The number of benzene rings is 1. The molecule has 0 aromatic heterocycles. The van der Waals surface area contributed by atoms with Crippen molar-refractivity contribution in [3.05, 3.63) is 5.56 Å². The predicted octanol–water partition coefficient (Wildman–Crippen LogP) is 1.54. The highest BCUT2D eigenvalue weighted by Gasteiger charge is 2.27. The standard InChI is InChI=1S/C12H16O6/c1-14-8-7(6-13)9(15-2)11(17-4)12(18-5)10(8)16-3/h6H,1-5H3. The third kappa shape index (κ3) is 2.01. The molecule has 6 heteroatoms. The number of hydrogen-bond donors (Lipinski definition) is 0. The lowest BCUT2D eigenvalue weighted by molar-refractivity contribution is 0.111. The van der Waals surface area contributed by atoms with Crippen LogP contribution in [0.25, 0.3) is 0 Å². The van der Waals surface area contributed by atoms with Crippen LogP contribution in [0.5, 0.6) is 28.7 Å². The Bertz CT molecular complexity index is 408. The smallest absolute Gasteiger partial charge is 0.211 e. The minimum absolute atomic E-state index is 0.203. The Hall–Kier alpha value is -2.11. The van der Waals surface area contributed by atoms with Gasteiger partial charge in [-0.1, -0.05) is 0 Å². The van der Waals surface area contributed by atoms with E-state index in [1.807, 2.05) is 0 Å². The Kier molecular flexibility index (Phi) is 4.65. The highest BCUT2D eigenvalue weighted by Crippen LogP contribution is 2.52. The van der Waals surface area contributed by atoms with Gasteiger partial charge in [-0.25, -0.2) is 0 Å². The molecule has 1 aromatic carbocycles. The zero-order chi connectivity index (χ0) is 13.7. The molecule has 18 heavy (non-hydrogen) atoms. The van der Waals surface area contributed by atoms with Gasteiger partial charge in [-0.3, -0.25) is 4.79 Å². The van der Waals surface area contributed by atoms with Crippen LogP contribution in [-0.4, -0.2) is 41.8 Å². The number of hydrogen-bond acceptors (Lipinski definition) is 6. The van der Waals surface area contributed by atoms with E-state index in [-0.39, 0.29) is 28.6 Å². The van der Waals surface area contributed by atoms with E-state index in [2.05, 4.69) is 0 Å². The first-order valence-corrected chi connectivity index (χ1v) is 5.09. The molecule has 0 aliphatic heterocycles. The summed E-state index contributed by atoms with van der Waals surface area (Å²) < 4.78 is 26.0. The van der Waals surface area contributed by atoms with Crippen LogP contribution >= 0.6 is 0 Å². The second-order valence-corrected chi connectivity index (χ2v) is 3.20. The van der Waals surface area contributed by atoms with E-state index in [0.29, 0.717) is 12.0 Å². The number of aldehydes is 1. The van der Waals surface area contributed by atoms with Crippen LogP contribution in [0.4, 0.5) is 0 Å². The largest absolute Gasteiger partial charge is 0.492 e. The van der Waals surface area contributed by atoms with E-state index < -0.39 is 0 Å². The zero-order valence-corrected chi connectivity index (χ0v) is 11.0. The van der Waals surface area contributed by atoms with Crippen molar-refractivity contribution in [3.8, 4) is 28.7 Å². The summed E-state index contributed by atoms with van der Waals surface area (Å²) in [5, 5.41) is 0. The van der Waals surface area contributed by atoms with E-state index in [0.717, 1.165) is 0 Å². The Morgan fingerprint density at radius 2 is 0.889 bits per heavy atom. The number of carbonyl (C=O) groups is 1. The topological polar surface area (TPSA) is 63.2 Å². The SMILES string of the molecule is COc1c(C=O)c(OC)c(OC)c(OC)c1OC. The molecule has 0 bridgehead atoms. The van der Waals surface area contributed by atoms with Crippen molar-refractivity contribution in [1.82, 2.24) is 0 Å².